The number of benzene rings is 2. The van der Waals surface area contributed by atoms with E-state index in [0.29, 0.717) is 35.9 Å². The fourth-order valence-corrected chi connectivity index (χ4v) is 3.84. The molecule has 33 heavy (non-hydrogen) atoms. The molecule has 0 aliphatic carbocycles. The quantitative estimate of drug-likeness (QED) is 0.241. The molecule has 10 nitrogen and oxygen atoms in total. The molecular weight excluding hydrogens is 438 g/mol. The largest absolute Gasteiger partial charge is 0.355 e. The van der Waals surface area contributed by atoms with Crippen LogP contribution in [0.2, 0.25) is 0 Å². The highest BCUT2D eigenvalue weighted by Crippen LogP contribution is 2.24. The minimum absolute atomic E-state index is 0.136. The molecular formula is C22H25N9OS. The zero-order chi connectivity index (χ0) is 23.0. The summed E-state index contributed by atoms with van der Waals surface area (Å²) in [5, 5.41) is 17.0. The monoisotopic (exact) mass is 463 g/mol. The van der Waals surface area contributed by atoms with Crippen LogP contribution in [0.4, 0.5) is 23.3 Å². The lowest BCUT2D eigenvalue weighted by atomic mass is 10.2. The summed E-state index contributed by atoms with van der Waals surface area (Å²) in [7, 11) is 0. The summed E-state index contributed by atoms with van der Waals surface area (Å²) in [5.41, 5.74) is 4.70. The molecule has 0 fully saturated rings. The van der Waals surface area contributed by atoms with Crippen LogP contribution in [0.15, 0.2) is 65.8 Å². The maximum Gasteiger partial charge on any atom is 0.261 e. The van der Waals surface area contributed by atoms with Crippen LogP contribution in [0.5, 0.6) is 0 Å². The maximum absolute atomic E-state index is 12.9. The molecule has 0 radical (unpaired) electrons. The molecule has 170 valence electrons. The third-order valence-corrected chi connectivity index (χ3v) is 5.44. The Hall–Kier alpha value is -3.86. The van der Waals surface area contributed by atoms with Crippen molar-refractivity contribution in [3.05, 3.63) is 60.7 Å². The highest BCUT2D eigenvalue weighted by atomic mass is 32.2. The van der Waals surface area contributed by atoms with Gasteiger partial charge in [0.15, 0.2) is 5.16 Å². The first-order valence-electron chi connectivity index (χ1n) is 10.6. The molecule has 1 amide bonds. The van der Waals surface area contributed by atoms with Crippen molar-refractivity contribution in [2.45, 2.75) is 19.0 Å². The average Bonchev–Trinajstić information content (AvgIpc) is 3.26. The second kappa shape index (κ2) is 10.6. The maximum atomic E-state index is 12.9. The van der Waals surface area contributed by atoms with Gasteiger partial charge in [-0.25, -0.2) is 4.40 Å². The van der Waals surface area contributed by atoms with Gasteiger partial charge < -0.3 is 10.6 Å². The second-order valence-electron chi connectivity index (χ2n) is 6.88. The van der Waals surface area contributed by atoms with Gasteiger partial charge in [-0.1, -0.05) is 48.2 Å². The minimum Gasteiger partial charge on any atom is -0.355 e. The van der Waals surface area contributed by atoms with Crippen molar-refractivity contribution < 1.29 is 4.79 Å². The van der Waals surface area contributed by atoms with Crippen molar-refractivity contribution in [3.63, 3.8) is 0 Å². The molecule has 0 bridgehead atoms. The summed E-state index contributed by atoms with van der Waals surface area (Å²) in [6, 6.07) is 19.3. The van der Waals surface area contributed by atoms with E-state index in [2.05, 4.69) is 36.2 Å². The Morgan fingerprint density at radius 3 is 2.15 bits per heavy atom. The first-order valence-corrected chi connectivity index (χ1v) is 11.6. The number of fused-ring (bicyclic) bond motifs is 1. The number of rotatable bonds is 10. The highest BCUT2D eigenvalue weighted by molar-refractivity contribution is 7.99. The number of nitrogens with one attached hydrogen (secondary N) is 3. The van der Waals surface area contributed by atoms with Gasteiger partial charge in [0.1, 0.15) is 0 Å². The predicted octanol–water partition coefficient (Wildman–Crippen LogP) is 3.34. The highest BCUT2D eigenvalue weighted by Gasteiger charge is 2.17. The van der Waals surface area contributed by atoms with Gasteiger partial charge in [0, 0.05) is 13.1 Å². The van der Waals surface area contributed by atoms with Crippen molar-refractivity contribution >= 4 is 46.7 Å². The van der Waals surface area contributed by atoms with Crippen molar-refractivity contribution in [3.8, 4) is 0 Å². The smallest absolute Gasteiger partial charge is 0.261 e. The van der Waals surface area contributed by atoms with Crippen LogP contribution in [0, 0.1) is 0 Å². The lowest BCUT2D eigenvalue weighted by molar-refractivity contribution is -0.118. The van der Waals surface area contributed by atoms with E-state index in [4.69, 9.17) is 0 Å². The normalized spacial score (nSPS) is 10.7. The fraction of sp³-hybridized carbons (Fsp3) is 0.227. The van der Waals surface area contributed by atoms with E-state index in [0.717, 1.165) is 11.4 Å². The van der Waals surface area contributed by atoms with Gasteiger partial charge in [0.25, 0.3) is 5.78 Å². The van der Waals surface area contributed by atoms with E-state index >= 15 is 0 Å². The Bertz CT molecular complexity index is 1160. The number of hydrogen-bond acceptors (Lipinski definition) is 9. The first kappa shape index (κ1) is 22.3. The van der Waals surface area contributed by atoms with Crippen LogP contribution < -0.4 is 21.1 Å². The Kier molecular flexibility index (Phi) is 7.20. The summed E-state index contributed by atoms with van der Waals surface area (Å²) >= 11 is 1.27. The molecule has 2 heterocycles. The van der Waals surface area contributed by atoms with Crippen LogP contribution in [0.25, 0.3) is 5.78 Å². The topological polar surface area (TPSA) is 112 Å². The summed E-state index contributed by atoms with van der Waals surface area (Å²) in [6.07, 6.45) is 0. The first-order chi connectivity index (χ1) is 16.2. The van der Waals surface area contributed by atoms with Crippen molar-refractivity contribution in [2.24, 2.45) is 0 Å². The predicted molar refractivity (Wildman–Crippen MR) is 131 cm³/mol. The molecule has 11 heteroatoms. The third-order valence-electron chi connectivity index (χ3n) is 4.51. The molecule has 3 N–H and O–H groups in total. The number of thioether (sulfide) groups is 1. The number of anilines is 4. The van der Waals surface area contributed by atoms with Gasteiger partial charge in [-0.3, -0.25) is 15.2 Å². The fourth-order valence-electron chi connectivity index (χ4n) is 3.12. The van der Waals surface area contributed by atoms with E-state index in [1.807, 2.05) is 74.5 Å². The summed E-state index contributed by atoms with van der Waals surface area (Å²) in [5.74, 6) is 1.41. The molecule has 0 saturated heterocycles. The average molecular weight is 464 g/mol. The van der Waals surface area contributed by atoms with Crippen LogP contribution in [-0.4, -0.2) is 49.3 Å². The van der Waals surface area contributed by atoms with E-state index in [1.165, 1.54) is 11.8 Å². The van der Waals surface area contributed by atoms with Crippen LogP contribution in [0.3, 0.4) is 0 Å². The number of para-hydroxylation sites is 2. The SMILES string of the molecule is CCNc1nc(NCC)n2c(SCC(=O)NN(c3ccccc3)c3ccccc3)nnc2n1. The molecule has 4 aromatic rings. The molecule has 0 saturated carbocycles. The lowest BCUT2D eigenvalue weighted by Crippen LogP contribution is -2.40. The lowest BCUT2D eigenvalue weighted by Gasteiger charge is -2.25. The number of amides is 1. The Labute approximate surface area is 195 Å². The van der Waals surface area contributed by atoms with Crippen molar-refractivity contribution in [1.29, 1.82) is 0 Å². The van der Waals surface area contributed by atoms with Gasteiger partial charge in [0.2, 0.25) is 17.8 Å². The summed E-state index contributed by atoms with van der Waals surface area (Å²) in [6.45, 7) is 5.31. The molecule has 2 aromatic heterocycles. The number of carbonyl (C=O) groups excluding carboxylic acids is 1. The molecule has 0 aliphatic rings. The molecule has 0 unspecified atom stereocenters. The van der Waals surface area contributed by atoms with Crippen LogP contribution in [-0.2, 0) is 4.79 Å². The number of carbonyl (C=O) groups is 1. The zero-order valence-corrected chi connectivity index (χ0v) is 19.2. The van der Waals surface area contributed by atoms with E-state index < -0.39 is 0 Å². The van der Waals surface area contributed by atoms with E-state index in [1.54, 1.807) is 9.41 Å². The Morgan fingerprint density at radius 1 is 0.909 bits per heavy atom. The van der Waals surface area contributed by atoms with Gasteiger partial charge >= 0.3 is 0 Å². The Balaban J connectivity index is 1.52. The second-order valence-corrected chi connectivity index (χ2v) is 7.82. The number of aromatic nitrogens is 5. The molecule has 0 aliphatic heterocycles. The van der Waals surface area contributed by atoms with Crippen LogP contribution >= 0.6 is 11.8 Å². The third kappa shape index (κ3) is 5.32. The van der Waals surface area contributed by atoms with E-state index in [9.17, 15) is 4.79 Å². The van der Waals surface area contributed by atoms with Gasteiger partial charge in [-0.2, -0.15) is 9.97 Å². The van der Waals surface area contributed by atoms with Crippen LogP contribution in [0.1, 0.15) is 13.8 Å². The minimum atomic E-state index is -0.181. The Morgan fingerprint density at radius 2 is 1.55 bits per heavy atom. The van der Waals surface area contributed by atoms with Gasteiger partial charge in [-0.15, -0.1) is 10.2 Å². The molecule has 0 spiro atoms. The number of hydrogen-bond donors (Lipinski definition) is 3. The molecule has 4 rings (SSSR count). The zero-order valence-electron chi connectivity index (χ0n) is 18.4. The van der Waals surface area contributed by atoms with Crippen molar-refractivity contribution in [1.82, 2.24) is 30.0 Å². The van der Waals surface area contributed by atoms with Gasteiger partial charge in [0.05, 0.1) is 17.1 Å². The molecule has 0 atom stereocenters. The van der Waals surface area contributed by atoms with Gasteiger partial charge in [-0.05, 0) is 38.1 Å². The number of nitrogens with zero attached hydrogens (tertiary/aromatic N) is 6. The summed E-state index contributed by atoms with van der Waals surface area (Å²) in [4.78, 5) is 21.8. The summed E-state index contributed by atoms with van der Waals surface area (Å²) < 4.78 is 1.72. The van der Waals surface area contributed by atoms with Crippen molar-refractivity contribution in [2.75, 3.05) is 34.5 Å². The van der Waals surface area contributed by atoms with E-state index in [-0.39, 0.29) is 11.7 Å². The number of hydrazine groups is 1. The molecule has 2 aromatic carbocycles. The standard InChI is InChI=1S/C22H25N9OS/c1-3-23-19-25-20(24-4-2)30-21(26-19)27-28-22(30)33-15-18(32)29-31(16-11-7-5-8-12-16)17-13-9-6-10-14-17/h5-14H,3-4,15H2,1-2H3,(H,29,32)(H2,23,24,25,26,27).